The first kappa shape index (κ1) is 13.0. The fraction of sp³-hybridized carbons (Fsp3) is 0.545. The highest BCUT2D eigenvalue weighted by molar-refractivity contribution is 9.10. The molecule has 0 aliphatic rings. The Balaban J connectivity index is 2.47. The lowest BCUT2D eigenvalue weighted by Gasteiger charge is -2.14. The quantitative estimate of drug-likeness (QED) is 0.871. The molecule has 1 aromatic rings. The molecule has 1 N–H and O–H groups in total. The minimum Gasteiger partial charge on any atom is -0.316 e. The molecule has 0 spiro atoms. The number of aromatic nitrogens is 1. The van der Waals surface area contributed by atoms with E-state index in [1.807, 2.05) is 31.1 Å². The Hall–Kier alpha value is -0.0600. The number of thioether (sulfide) groups is 1. The second kappa shape index (κ2) is 7.25. The average Bonchev–Trinajstić information content (AvgIpc) is 2.27. The molecule has 0 bridgehead atoms. The van der Waals surface area contributed by atoms with Gasteiger partial charge in [0.1, 0.15) is 0 Å². The topological polar surface area (TPSA) is 24.9 Å². The highest BCUT2D eigenvalue weighted by Crippen LogP contribution is 2.10. The van der Waals surface area contributed by atoms with Gasteiger partial charge in [-0.15, -0.1) is 0 Å². The van der Waals surface area contributed by atoms with E-state index in [0.29, 0.717) is 6.04 Å². The maximum absolute atomic E-state index is 4.38. The summed E-state index contributed by atoms with van der Waals surface area (Å²) in [5.74, 6) is 2.32. The number of nitrogens with one attached hydrogen (secondary N) is 1. The van der Waals surface area contributed by atoms with Gasteiger partial charge in [-0.3, -0.25) is 4.98 Å². The van der Waals surface area contributed by atoms with Crippen LogP contribution in [0.2, 0.25) is 0 Å². The number of hydrogen-bond acceptors (Lipinski definition) is 3. The molecular formula is C11H17BrN2S. The Bertz CT molecular complexity index is 276. The van der Waals surface area contributed by atoms with Crippen LogP contribution in [0.5, 0.6) is 0 Å². The number of pyridine rings is 1. The van der Waals surface area contributed by atoms with E-state index in [9.17, 15) is 0 Å². The fourth-order valence-electron chi connectivity index (χ4n) is 1.28. The van der Waals surface area contributed by atoms with Gasteiger partial charge in [0.2, 0.25) is 0 Å². The summed E-state index contributed by atoms with van der Waals surface area (Å²) in [7, 11) is 2.01. The van der Waals surface area contributed by atoms with Crippen molar-refractivity contribution >= 4 is 27.7 Å². The van der Waals surface area contributed by atoms with E-state index in [4.69, 9.17) is 0 Å². The van der Waals surface area contributed by atoms with Crippen molar-refractivity contribution in [3.8, 4) is 0 Å². The summed E-state index contributed by atoms with van der Waals surface area (Å²) in [6.45, 7) is 2.19. The molecule has 4 heteroatoms. The largest absolute Gasteiger partial charge is 0.316 e. The Morgan fingerprint density at radius 1 is 1.53 bits per heavy atom. The first-order valence-corrected chi connectivity index (χ1v) is 7.06. The van der Waals surface area contributed by atoms with Crippen LogP contribution in [0.1, 0.15) is 12.6 Å². The molecule has 0 aliphatic heterocycles. The lowest BCUT2D eigenvalue weighted by Crippen LogP contribution is -2.30. The van der Waals surface area contributed by atoms with Crippen LogP contribution in [0.4, 0.5) is 0 Å². The zero-order chi connectivity index (χ0) is 11.1. The van der Waals surface area contributed by atoms with E-state index in [2.05, 4.69) is 39.2 Å². The Kier molecular flexibility index (Phi) is 6.29. The van der Waals surface area contributed by atoms with Crippen molar-refractivity contribution < 1.29 is 0 Å². The third-order valence-corrected chi connectivity index (χ3v) is 3.69. The molecule has 0 amide bonds. The molecule has 2 nitrogen and oxygen atoms in total. The van der Waals surface area contributed by atoms with Crippen molar-refractivity contribution in [3.05, 3.63) is 28.5 Å². The summed E-state index contributed by atoms with van der Waals surface area (Å²) in [5, 5.41) is 3.33. The van der Waals surface area contributed by atoms with Gasteiger partial charge in [-0.05, 0) is 40.9 Å². The van der Waals surface area contributed by atoms with Crippen LogP contribution in [-0.4, -0.2) is 29.6 Å². The molecule has 0 aromatic carbocycles. The number of hydrogen-bond donors (Lipinski definition) is 1. The van der Waals surface area contributed by atoms with Gasteiger partial charge in [0.05, 0.1) is 0 Å². The van der Waals surface area contributed by atoms with Crippen LogP contribution in [-0.2, 0) is 6.42 Å². The van der Waals surface area contributed by atoms with Crippen LogP contribution >= 0.6 is 27.7 Å². The van der Waals surface area contributed by atoms with E-state index >= 15 is 0 Å². The molecular weight excluding hydrogens is 272 g/mol. The van der Waals surface area contributed by atoms with Crippen molar-refractivity contribution in [2.24, 2.45) is 0 Å². The highest BCUT2D eigenvalue weighted by atomic mass is 79.9. The number of nitrogens with zero attached hydrogens (tertiary/aromatic N) is 1. The predicted molar refractivity (Wildman–Crippen MR) is 71.5 cm³/mol. The summed E-state index contributed by atoms with van der Waals surface area (Å²) in [6, 6.07) is 4.64. The van der Waals surface area contributed by atoms with Gasteiger partial charge in [0.25, 0.3) is 0 Å². The highest BCUT2D eigenvalue weighted by Gasteiger charge is 2.07. The van der Waals surface area contributed by atoms with E-state index in [1.54, 1.807) is 0 Å². The van der Waals surface area contributed by atoms with Gasteiger partial charge in [0, 0.05) is 34.6 Å². The molecule has 1 heterocycles. The number of likely N-dealkylation sites (N-methyl/N-ethyl adjacent to an activating group) is 1. The Morgan fingerprint density at radius 3 is 2.87 bits per heavy atom. The van der Waals surface area contributed by atoms with Gasteiger partial charge in [-0.25, -0.2) is 0 Å². The predicted octanol–water partition coefficient (Wildman–Crippen LogP) is 2.73. The maximum Gasteiger partial charge on any atom is 0.0420 e. The molecule has 1 atom stereocenters. The lowest BCUT2D eigenvalue weighted by atomic mass is 10.2. The van der Waals surface area contributed by atoms with Gasteiger partial charge in [-0.2, -0.15) is 11.8 Å². The molecule has 0 saturated carbocycles. The maximum atomic E-state index is 4.38. The van der Waals surface area contributed by atoms with E-state index in [-0.39, 0.29) is 0 Å². The summed E-state index contributed by atoms with van der Waals surface area (Å²) in [5.41, 5.74) is 1.15. The van der Waals surface area contributed by atoms with E-state index in [0.717, 1.165) is 22.3 Å². The minimum absolute atomic E-state index is 0.517. The smallest absolute Gasteiger partial charge is 0.0420 e. The van der Waals surface area contributed by atoms with E-state index < -0.39 is 0 Å². The molecule has 0 radical (unpaired) electrons. The molecule has 0 saturated heterocycles. The van der Waals surface area contributed by atoms with Crippen molar-refractivity contribution in [3.63, 3.8) is 0 Å². The molecule has 1 unspecified atom stereocenters. The normalized spacial score (nSPS) is 12.7. The van der Waals surface area contributed by atoms with Crippen molar-refractivity contribution in [1.29, 1.82) is 0 Å². The third-order valence-electron chi connectivity index (χ3n) is 2.18. The van der Waals surface area contributed by atoms with Gasteiger partial charge in [0.15, 0.2) is 0 Å². The zero-order valence-electron chi connectivity index (χ0n) is 9.16. The minimum atomic E-state index is 0.517. The van der Waals surface area contributed by atoms with Crippen LogP contribution in [0.15, 0.2) is 22.8 Å². The summed E-state index contributed by atoms with van der Waals surface area (Å²) < 4.78 is 1.04. The monoisotopic (exact) mass is 288 g/mol. The van der Waals surface area contributed by atoms with Crippen LogP contribution in [0.3, 0.4) is 0 Å². The van der Waals surface area contributed by atoms with Crippen molar-refractivity contribution in [2.45, 2.75) is 19.4 Å². The van der Waals surface area contributed by atoms with Gasteiger partial charge < -0.3 is 5.32 Å². The summed E-state index contributed by atoms with van der Waals surface area (Å²) >= 11 is 5.35. The summed E-state index contributed by atoms with van der Waals surface area (Å²) in [6.07, 6.45) is 2.85. The van der Waals surface area contributed by atoms with Crippen LogP contribution in [0, 0.1) is 0 Å². The van der Waals surface area contributed by atoms with Gasteiger partial charge in [-0.1, -0.05) is 6.92 Å². The molecule has 1 aromatic heterocycles. The third kappa shape index (κ3) is 5.00. The SMILES string of the molecule is CCSCC(Cc1ccc(Br)cn1)NC. The van der Waals surface area contributed by atoms with E-state index in [1.165, 1.54) is 5.75 Å². The molecule has 0 aliphatic carbocycles. The number of rotatable bonds is 6. The standard InChI is InChI=1S/C11H17BrN2S/c1-3-15-8-11(13-2)6-10-5-4-9(12)7-14-10/h4-5,7,11,13H,3,6,8H2,1-2H3. The molecule has 0 fully saturated rings. The Labute approximate surface area is 104 Å². The summed E-state index contributed by atoms with van der Waals surface area (Å²) in [4.78, 5) is 4.38. The molecule has 15 heavy (non-hydrogen) atoms. The van der Waals surface area contributed by atoms with Crippen LogP contribution in [0.25, 0.3) is 0 Å². The molecule has 1 rings (SSSR count). The second-order valence-corrected chi connectivity index (χ2v) is 5.55. The van der Waals surface area contributed by atoms with Crippen molar-refractivity contribution in [2.75, 3.05) is 18.6 Å². The zero-order valence-corrected chi connectivity index (χ0v) is 11.6. The first-order chi connectivity index (χ1) is 7.26. The Morgan fingerprint density at radius 2 is 2.33 bits per heavy atom. The number of halogens is 1. The van der Waals surface area contributed by atoms with Gasteiger partial charge >= 0.3 is 0 Å². The van der Waals surface area contributed by atoms with Crippen LogP contribution < -0.4 is 5.32 Å². The average molecular weight is 289 g/mol. The molecule has 84 valence electrons. The lowest BCUT2D eigenvalue weighted by molar-refractivity contribution is 0.609. The van der Waals surface area contributed by atoms with Crippen molar-refractivity contribution in [1.82, 2.24) is 10.3 Å². The first-order valence-electron chi connectivity index (χ1n) is 5.11. The second-order valence-electron chi connectivity index (χ2n) is 3.32. The fourth-order valence-corrected chi connectivity index (χ4v) is 2.32.